The summed E-state index contributed by atoms with van der Waals surface area (Å²) in [5.74, 6) is 0.603. The molecule has 118 valence electrons. The van der Waals surface area contributed by atoms with Gasteiger partial charge in [0.1, 0.15) is 5.69 Å². The number of halogens is 1. The van der Waals surface area contributed by atoms with Crippen molar-refractivity contribution in [1.29, 1.82) is 0 Å². The highest BCUT2D eigenvalue weighted by Crippen LogP contribution is 2.34. The molecule has 0 aliphatic heterocycles. The average molecular weight is 324 g/mol. The Bertz CT molecular complexity index is 625. The van der Waals surface area contributed by atoms with Crippen molar-refractivity contribution < 1.29 is 9.32 Å². The van der Waals surface area contributed by atoms with Gasteiger partial charge in [-0.1, -0.05) is 24.1 Å². The molecule has 1 aliphatic carbocycles. The minimum Gasteiger partial charge on any atom is -0.342 e. The van der Waals surface area contributed by atoms with Gasteiger partial charge in [0.15, 0.2) is 5.82 Å². The van der Waals surface area contributed by atoms with Crippen LogP contribution in [0.15, 0.2) is 28.9 Å². The maximum absolute atomic E-state index is 11.9. The van der Waals surface area contributed by atoms with Crippen LogP contribution < -0.4 is 11.1 Å². The summed E-state index contributed by atoms with van der Waals surface area (Å²) in [7, 11) is 0. The van der Waals surface area contributed by atoms with Crippen LogP contribution in [0.5, 0.6) is 0 Å². The van der Waals surface area contributed by atoms with Crippen molar-refractivity contribution in [2.24, 2.45) is 5.73 Å². The molecule has 1 amide bonds. The zero-order chi connectivity index (χ0) is 14.7. The lowest BCUT2D eigenvalue weighted by Gasteiger charge is -2.17. The van der Waals surface area contributed by atoms with E-state index in [4.69, 9.17) is 10.3 Å². The lowest BCUT2D eigenvalue weighted by Crippen LogP contribution is -2.34. The van der Waals surface area contributed by atoms with Gasteiger partial charge < -0.3 is 15.6 Å². The van der Waals surface area contributed by atoms with E-state index in [1.807, 2.05) is 0 Å². The van der Waals surface area contributed by atoms with Crippen LogP contribution in [-0.4, -0.2) is 21.0 Å². The molecule has 22 heavy (non-hydrogen) atoms. The van der Waals surface area contributed by atoms with Crippen LogP contribution in [0.2, 0.25) is 0 Å². The van der Waals surface area contributed by atoms with Gasteiger partial charge >= 0.3 is 0 Å². The van der Waals surface area contributed by atoms with E-state index >= 15 is 0 Å². The molecule has 0 bridgehead atoms. The number of pyridine rings is 1. The molecule has 1 aliphatic rings. The topological polar surface area (TPSA) is 107 Å². The minimum absolute atomic E-state index is 0. The van der Waals surface area contributed by atoms with Crippen molar-refractivity contribution in [3.63, 3.8) is 0 Å². The van der Waals surface area contributed by atoms with Crippen LogP contribution in [0.1, 0.15) is 47.9 Å². The lowest BCUT2D eigenvalue weighted by atomic mass is 9.99. The summed E-state index contributed by atoms with van der Waals surface area (Å²) < 4.78 is 5.15. The van der Waals surface area contributed by atoms with Crippen molar-refractivity contribution in [3.8, 4) is 0 Å². The summed E-state index contributed by atoms with van der Waals surface area (Å²) in [6.07, 6.45) is 5.46. The maximum Gasteiger partial charge on any atom is 0.270 e. The van der Waals surface area contributed by atoms with Gasteiger partial charge in [0.05, 0.1) is 12.1 Å². The second-order valence-corrected chi connectivity index (χ2v) is 5.27. The monoisotopic (exact) mass is 323 g/mol. The fourth-order valence-electron chi connectivity index (χ4n) is 2.50. The van der Waals surface area contributed by atoms with E-state index in [1.165, 1.54) is 0 Å². The molecule has 0 unspecified atom stereocenters. The van der Waals surface area contributed by atoms with Gasteiger partial charge in [-0.25, -0.2) is 0 Å². The van der Waals surface area contributed by atoms with Crippen molar-refractivity contribution in [2.75, 3.05) is 0 Å². The van der Waals surface area contributed by atoms with Crippen molar-refractivity contribution in [3.05, 3.63) is 41.8 Å². The zero-order valence-electron chi connectivity index (χ0n) is 12.0. The Kier molecular flexibility index (Phi) is 5.10. The van der Waals surface area contributed by atoms with Crippen LogP contribution in [0.4, 0.5) is 0 Å². The Balaban J connectivity index is 0.00000176. The molecule has 2 aromatic heterocycles. The van der Waals surface area contributed by atoms with Crippen molar-refractivity contribution in [2.45, 2.75) is 37.8 Å². The summed E-state index contributed by atoms with van der Waals surface area (Å²) in [5.41, 5.74) is 6.13. The van der Waals surface area contributed by atoms with Crippen LogP contribution in [0.25, 0.3) is 0 Å². The van der Waals surface area contributed by atoms with Crippen LogP contribution >= 0.6 is 12.4 Å². The standard InChI is InChI=1S/C14H17N5O2.ClH/c15-14(6-2-3-7-14)13-18-11(21-19-13)9-17-12(20)10-5-1-4-8-16-10;/h1,4-5,8H,2-3,6-7,9,15H2,(H,17,20);1H. The van der Waals surface area contributed by atoms with E-state index in [1.54, 1.807) is 24.4 Å². The lowest BCUT2D eigenvalue weighted by molar-refractivity contribution is 0.0941. The van der Waals surface area contributed by atoms with Gasteiger partial charge in [-0.15, -0.1) is 12.4 Å². The van der Waals surface area contributed by atoms with Gasteiger partial charge in [-0.05, 0) is 25.0 Å². The number of nitrogens with zero attached hydrogens (tertiary/aromatic N) is 3. The molecular formula is C14H18ClN5O2. The largest absolute Gasteiger partial charge is 0.342 e. The quantitative estimate of drug-likeness (QED) is 0.884. The van der Waals surface area contributed by atoms with Crippen LogP contribution in [0.3, 0.4) is 0 Å². The molecule has 0 atom stereocenters. The maximum atomic E-state index is 11.9. The summed E-state index contributed by atoms with van der Waals surface area (Å²) in [6.45, 7) is 0.165. The third-order valence-electron chi connectivity index (χ3n) is 3.71. The summed E-state index contributed by atoms with van der Waals surface area (Å²) in [5, 5.41) is 6.64. The third kappa shape index (κ3) is 3.42. The van der Waals surface area contributed by atoms with Gasteiger partial charge in [-0.2, -0.15) is 4.98 Å². The molecular weight excluding hydrogens is 306 g/mol. The minimum atomic E-state index is -0.479. The summed E-state index contributed by atoms with van der Waals surface area (Å²) in [4.78, 5) is 20.1. The Morgan fingerprint density at radius 3 is 2.82 bits per heavy atom. The van der Waals surface area contributed by atoms with Crippen LogP contribution in [-0.2, 0) is 12.1 Å². The highest BCUT2D eigenvalue weighted by Gasteiger charge is 2.35. The van der Waals surface area contributed by atoms with Crippen molar-refractivity contribution >= 4 is 18.3 Å². The molecule has 0 spiro atoms. The zero-order valence-corrected chi connectivity index (χ0v) is 12.8. The van der Waals surface area contributed by atoms with E-state index in [-0.39, 0.29) is 24.9 Å². The smallest absolute Gasteiger partial charge is 0.270 e. The number of rotatable bonds is 4. The molecule has 3 rings (SSSR count). The molecule has 7 nitrogen and oxygen atoms in total. The molecule has 8 heteroatoms. The third-order valence-corrected chi connectivity index (χ3v) is 3.71. The van der Waals surface area contributed by atoms with Gasteiger partial charge in [-0.3, -0.25) is 9.78 Å². The molecule has 1 saturated carbocycles. The number of carbonyl (C=O) groups is 1. The molecule has 2 heterocycles. The Morgan fingerprint density at radius 2 is 2.14 bits per heavy atom. The van der Waals surface area contributed by atoms with Gasteiger partial charge in [0.2, 0.25) is 5.89 Å². The molecule has 3 N–H and O–H groups in total. The SMILES string of the molecule is Cl.NC1(c2noc(CNC(=O)c3ccccn3)n2)CCCC1. The summed E-state index contributed by atoms with van der Waals surface area (Å²) >= 11 is 0. The Hall–Kier alpha value is -1.99. The van der Waals surface area contributed by atoms with E-state index in [2.05, 4.69) is 20.4 Å². The van der Waals surface area contributed by atoms with Crippen molar-refractivity contribution in [1.82, 2.24) is 20.4 Å². The van der Waals surface area contributed by atoms with E-state index in [0.29, 0.717) is 17.4 Å². The van der Waals surface area contributed by atoms with Crippen LogP contribution in [0, 0.1) is 0 Å². The number of hydrogen-bond acceptors (Lipinski definition) is 6. The van der Waals surface area contributed by atoms with E-state index in [0.717, 1.165) is 25.7 Å². The van der Waals surface area contributed by atoms with Gasteiger partial charge in [0.25, 0.3) is 5.91 Å². The highest BCUT2D eigenvalue weighted by molar-refractivity contribution is 5.92. The Morgan fingerprint density at radius 1 is 1.36 bits per heavy atom. The molecule has 2 aromatic rings. The predicted octanol–water partition coefficient (Wildman–Crippen LogP) is 1.54. The first-order chi connectivity index (χ1) is 10.2. The summed E-state index contributed by atoms with van der Waals surface area (Å²) in [6, 6.07) is 5.15. The first-order valence-corrected chi connectivity index (χ1v) is 6.99. The van der Waals surface area contributed by atoms with E-state index < -0.39 is 5.54 Å². The fourth-order valence-corrected chi connectivity index (χ4v) is 2.50. The number of carbonyl (C=O) groups excluding carboxylic acids is 1. The first-order valence-electron chi connectivity index (χ1n) is 6.99. The fraction of sp³-hybridized carbons (Fsp3) is 0.429. The molecule has 0 aromatic carbocycles. The van der Waals surface area contributed by atoms with E-state index in [9.17, 15) is 4.79 Å². The molecule has 0 radical (unpaired) electrons. The second kappa shape index (κ2) is 6.85. The average Bonchev–Trinajstić information content (AvgIpc) is 3.15. The number of hydrogen-bond donors (Lipinski definition) is 2. The predicted molar refractivity (Wildman–Crippen MR) is 81.3 cm³/mol. The Labute approximate surface area is 134 Å². The number of aromatic nitrogens is 3. The second-order valence-electron chi connectivity index (χ2n) is 5.27. The number of nitrogens with two attached hydrogens (primary N) is 1. The van der Waals surface area contributed by atoms with Gasteiger partial charge in [0, 0.05) is 6.20 Å². The highest BCUT2D eigenvalue weighted by atomic mass is 35.5. The molecule has 0 saturated heterocycles. The number of amides is 1. The first kappa shape index (κ1) is 16.4. The molecule has 1 fully saturated rings. The number of nitrogens with one attached hydrogen (secondary N) is 1. The normalized spacial score (nSPS) is 16.0.